The Balaban J connectivity index is 1.77. The third-order valence-electron chi connectivity index (χ3n) is 4.85. The second-order valence-corrected chi connectivity index (χ2v) is 7.92. The van der Waals surface area contributed by atoms with E-state index in [0.29, 0.717) is 12.1 Å². The predicted octanol–water partition coefficient (Wildman–Crippen LogP) is 2.64. The summed E-state index contributed by atoms with van der Waals surface area (Å²) in [6, 6.07) is 8.45. The maximum Gasteiger partial charge on any atom is 0.325 e. The van der Waals surface area contributed by atoms with Crippen LogP contribution in [-0.2, 0) is 21.7 Å². The molecule has 1 aromatic heterocycles. The molecule has 2 heterocycles. The summed E-state index contributed by atoms with van der Waals surface area (Å²) >= 11 is 1.50. The fraction of sp³-hybridized carbons (Fsp3) is 0.250. The highest BCUT2D eigenvalue weighted by Gasteiger charge is 2.49. The van der Waals surface area contributed by atoms with Crippen LogP contribution in [0, 0.1) is 10.1 Å². The van der Waals surface area contributed by atoms with Gasteiger partial charge >= 0.3 is 6.03 Å². The highest BCUT2D eigenvalue weighted by Crippen LogP contribution is 2.30. The number of amides is 4. The van der Waals surface area contributed by atoms with E-state index >= 15 is 0 Å². The van der Waals surface area contributed by atoms with Gasteiger partial charge in [0.2, 0.25) is 5.91 Å². The first-order valence-electron chi connectivity index (χ1n) is 9.06. The zero-order valence-electron chi connectivity index (χ0n) is 16.2. The van der Waals surface area contributed by atoms with Crippen LogP contribution in [0.1, 0.15) is 17.4 Å². The highest BCUT2D eigenvalue weighted by molar-refractivity contribution is 7.09. The van der Waals surface area contributed by atoms with E-state index in [9.17, 15) is 24.5 Å². The van der Waals surface area contributed by atoms with Crippen LogP contribution in [0.2, 0.25) is 0 Å². The van der Waals surface area contributed by atoms with Crippen LogP contribution >= 0.6 is 11.3 Å². The van der Waals surface area contributed by atoms with Gasteiger partial charge in [-0.2, -0.15) is 0 Å². The molecule has 0 aliphatic carbocycles. The number of nitro benzene ring substituents is 1. The number of carbonyl (C=O) groups is 3. The van der Waals surface area contributed by atoms with E-state index in [1.165, 1.54) is 47.4 Å². The summed E-state index contributed by atoms with van der Waals surface area (Å²) in [5, 5.41) is 15.3. The lowest BCUT2D eigenvalue weighted by atomic mass is 9.92. The minimum atomic E-state index is -1.41. The van der Waals surface area contributed by atoms with Gasteiger partial charge in [0.25, 0.3) is 11.6 Å². The first kappa shape index (κ1) is 21.2. The largest absolute Gasteiger partial charge is 0.332 e. The number of carbonyl (C=O) groups excluding carboxylic acids is 3. The van der Waals surface area contributed by atoms with Gasteiger partial charge in [-0.15, -0.1) is 17.9 Å². The summed E-state index contributed by atoms with van der Waals surface area (Å²) in [7, 11) is 0. The van der Waals surface area contributed by atoms with E-state index in [4.69, 9.17) is 0 Å². The maximum atomic E-state index is 13.0. The molecular formula is C20H20N4O5S. The molecule has 156 valence electrons. The van der Waals surface area contributed by atoms with Gasteiger partial charge in [0.15, 0.2) is 0 Å². The zero-order chi connectivity index (χ0) is 21.9. The van der Waals surface area contributed by atoms with Gasteiger partial charge in [-0.25, -0.2) is 4.79 Å². The summed E-state index contributed by atoms with van der Waals surface area (Å²) in [6.07, 6.45) is 1.58. The third kappa shape index (κ3) is 4.08. The summed E-state index contributed by atoms with van der Waals surface area (Å²) < 4.78 is 0. The number of benzene rings is 1. The number of imide groups is 1. The van der Waals surface area contributed by atoms with Crippen molar-refractivity contribution < 1.29 is 19.3 Å². The summed E-state index contributed by atoms with van der Waals surface area (Å²) in [4.78, 5) is 51.9. The van der Waals surface area contributed by atoms with E-state index in [1.807, 2.05) is 17.5 Å². The molecule has 1 unspecified atom stereocenters. The molecule has 1 aromatic carbocycles. The average Bonchev–Trinajstić information content (AvgIpc) is 3.30. The number of urea groups is 1. The van der Waals surface area contributed by atoms with Gasteiger partial charge in [0.1, 0.15) is 12.1 Å². The van der Waals surface area contributed by atoms with Crippen LogP contribution in [0.25, 0.3) is 0 Å². The van der Waals surface area contributed by atoms with E-state index in [2.05, 4.69) is 11.9 Å². The molecule has 0 bridgehead atoms. The molecule has 30 heavy (non-hydrogen) atoms. The lowest BCUT2D eigenvalue weighted by molar-refractivity contribution is -0.384. The Morgan fingerprint density at radius 1 is 1.33 bits per heavy atom. The van der Waals surface area contributed by atoms with Crippen molar-refractivity contribution in [3.05, 3.63) is 75.0 Å². The minimum absolute atomic E-state index is 0.125. The maximum absolute atomic E-state index is 13.0. The standard InChI is InChI=1S/C20H20N4O5S/c1-3-10-22(12-16-5-4-11-30-16)17(25)13-23-18(26)20(2,21-19(23)27)14-6-8-15(9-7-14)24(28)29/h3-9,11H,1,10,12-13H2,2H3,(H,21,27). The number of thiophene rings is 1. The molecule has 10 heteroatoms. The first-order chi connectivity index (χ1) is 14.3. The fourth-order valence-electron chi connectivity index (χ4n) is 3.19. The van der Waals surface area contributed by atoms with Crippen LogP contribution in [0.3, 0.4) is 0 Å². The molecule has 2 aromatic rings. The molecule has 3 rings (SSSR count). The molecular weight excluding hydrogens is 408 g/mol. The van der Waals surface area contributed by atoms with Gasteiger partial charge < -0.3 is 10.2 Å². The number of nitrogens with zero attached hydrogens (tertiary/aromatic N) is 3. The Morgan fingerprint density at radius 2 is 2.03 bits per heavy atom. The molecule has 0 saturated carbocycles. The van der Waals surface area contributed by atoms with Crippen molar-refractivity contribution in [1.82, 2.24) is 15.1 Å². The number of rotatable bonds is 8. The van der Waals surface area contributed by atoms with Crippen molar-refractivity contribution in [2.45, 2.75) is 19.0 Å². The smallest absolute Gasteiger partial charge is 0.325 e. The minimum Gasteiger partial charge on any atom is -0.332 e. The van der Waals surface area contributed by atoms with Gasteiger partial charge in [0, 0.05) is 23.6 Å². The Bertz CT molecular complexity index is 989. The van der Waals surface area contributed by atoms with Crippen LogP contribution < -0.4 is 5.32 Å². The number of hydrogen-bond acceptors (Lipinski definition) is 6. The predicted molar refractivity (Wildman–Crippen MR) is 111 cm³/mol. The van der Waals surface area contributed by atoms with E-state index in [0.717, 1.165) is 9.78 Å². The Hall–Kier alpha value is -3.53. The Labute approximate surface area is 176 Å². The van der Waals surface area contributed by atoms with Gasteiger partial charge in [-0.05, 0) is 36.1 Å². The number of nitro groups is 1. The second kappa shape index (κ2) is 8.46. The van der Waals surface area contributed by atoms with Gasteiger partial charge in [0.05, 0.1) is 11.5 Å². The summed E-state index contributed by atoms with van der Waals surface area (Å²) in [5.41, 5.74) is -1.15. The molecule has 1 fully saturated rings. The van der Waals surface area contributed by atoms with E-state index < -0.39 is 28.9 Å². The molecule has 1 aliphatic heterocycles. The molecule has 1 saturated heterocycles. The monoisotopic (exact) mass is 428 g/mol. The summed E-state index contributed by atoms with van der Waals surface area (Å²) in [6.45, 7) is 5.38. The molecule has 1 atom stereocenters. The third-order valence-corrected chi connectivity index (χ3v) is 5.71. The normalized spacial score (nSPS) is 18.2. The molecule has 4 amide bonds. The van der Waals surface area contributed by atoms with E-state index in [-0.39, 0.29) is 18.1 Å². The second-order valence-electron chi connectivity index (χ2n) is 6.89. The van der Waals surface area contributed by atoms with Crippen molar-refractivity contribution in [3.63, 3.8) is 0 Å². The topological polar surface area (TPSA) is 113 Å². The van der Waals surface area contributed by atoms with Crippen LogP contribution in [0.15, 0.2) is 54.4 Å². The fourth-order valence-corrected chi connectivity index (χ4v) is 3.91. The van der Waals surface area contributed by atoms with Crippen molar-refractivity contribution >= 4 is 34.9 Å². The molecule has 1 aliphatic rings. The molecule has 9 nitrogen and oxygen atoms in total. The van der Waals surface area contributed by atoms with Gasteiger partial charge in [-0.3, -0.25) is 24.6 Å². The summed E-state index contributed by atoms with van der Waals surface area (Å²) in [5.74, 6) is -0.982. The Kier molecular flexibility index (Phi) is 5.97. The van der Waals surface area contributed by atoms with Crippen molar-refractivity contribution in [3.8, 4) is 0 Å². The van der Waals surface area contributed by atoms with Crippen LogP contribution in [0.5, 0.6) is 0 Å². The number of non-ortho nitro benzene ring substituents is 1. The van der Waals surface area contributed by atoms with Gasteiger partial charge in [-0.1, -0.05) is 12.1 Å². The quantitative estimate of drug-likeness (QED) is 0.301. The number of hydrogen-bond donors (Lipinski definition) is 1. The first-order valence-corrected chi connectivity index (χ1v) is 9.94. The van der Waals surface area contributed by atoms with Crippen molar-refractivity contribution in [2.24, 2.45) is 0 Å². The Morgan fingerprint density at radius 3 is 2.60 bits per heavy atom. The van der Waals surface area contributed by atoms with Crippen molar-refractivity contribution in [2.75, 3.05) is 13.1 Å². The van der Waals surface area contributed by atoms with Crippen LogP contribution in [0.4, 0.5) is 10.5 Å². The average molecular weight is 428 g/mol. The lowest BCUT2D eigenvalue weighted by Gasteiger charge is -2.24. The molecule has 1 N–H and O–H groups in total. The van der Waals surface area contributed by atoms with Crippen LogP contribution in [-0.4, -0.2) is 45.7 Å². The lowest BCUT2D eigenvalue weighted by Crippen LogP contribution is -2.44. The zero-order valence-corrected chi connectivity index (χ0v) is 17.1. The van der Waals surface area contributed by atoms with Crippen molar-refractivity contribution in [1.29, 1.82) is 0 Å². The van der Waals surface area contributed by atoms with E-state index in [1.54, 1.807) is 6.08 Å². The SMILES string of the molecule is C=CCN(Cc1cccs1)C(=O)CN1C(=O)NC(C)(c2ccc([N+](=O)[O-])cc2)C1=O. The number of nitrogens with one attached hydrogen (secondary N) is 1. The highest BCUT2D eigenvalue weighted by atomic mass is 32.1. The molecule has 0 spiro atoms. The molecule has 0 radical (unpaired) electrons.